The highest BCUT2D eigenvalue weighted by Gasteiger charge is 2.14. The largest absolute Gasteiger partial charge is 0.506 e. The van der Waals surface area contributed by atoms with E-state index in [1.54, 1.807) is 19.2 Å². The van der Waals surface area contributed by atoms with Gasteiger partial charge < -0.3 is 14.6 Å². The molecule has 31 heavy (non-hydrogen) atoms. The molecule has 0 atom stereocenters. The van der Waals surface area contributed by atoms with Crippen molar-refractivity contribution in [3.63, 3.8) is 0 Å². The van der Waals surface area contributed by atoms with Gasteiger partial charge in [-0.05, 0) is 48.0 Å². The van der Waals surface area contributed by atoms with Gasteiger partial charge in [-0.2, -0.15) is 12.6 Å². The maximum atomic E-state index is 10.6. The second-order valence-corrected chi connectivity index (χ2v) is 7.18. The van der Waals surface area contributed by atoms with E-state index < -0.39 is 0 Å². The van der Waals surface area contributed by atoms with Crippen LogP contribution in [0.3, 0.4) is 0 Å². The second-order valence-electron chi connectivity index (χ2n) is 6.73. The van der Waals surface area contributed by atoms with E-state index in [-0.39, 0.29) is 12.4 Å². The lowest BCUT2D eigenvalue weighted by molar-refractivity contribution is -0.300. The van der Waals surface area contributed by atoms with Gasteiger partial charge in [-0.3, -0.25) is 0 Å². The molecule has 162 valence electrons. The van der Waals surface area contributed by atoms with Crippen LogP contribution in [0.4, 0.5) is 0 Å². The fraction of sp³-hybridized carbons (Fsp3) is 0.273. The number of phenolic OH excluding ortho intramolecular Hbond substituents is 1. The van der Waals surface area contributed by atoms with E-state index in [9.17, 15) is 5.11 Å². The lowest BCUT2D eigenvalue weighted by Crippen LogP contribution is -2.00. The number of thiol groups is 1. The maximum absolute atomic E-state index is 10.6. The van der Waals surface area contributed by atoms with Crippen LogP contribution in [0.5, 0.6) is 17.2 Å². The van der Waals surface area contributed by atoms with Gasteiger partial charge in [0, 0.05) is 17.4 Å². The monoisotopic (exact) mass is 441 g/mol. The minimum absolute atomic E-state index is 0.0729. The van der Waals surface area contributed by atoms with Crippen LogP contribution < -0.4 is 9.47 Å². The number of ether oxygens (including phenoxy) is 2. The molecule has 0 spiro atoms. The first-order valence-corrected chi connectivity index (χ1v) is 10.5. The Morgan fingerprint density at radius 3 is 2.55 bits per heavy atom. The van der Waals surface area contributed by atoms with Crippen LogP contribution in [0.1, 0.15) is 12.5 Å². The van der Waals surface area contributed by atoms with Crippen molar-refractivity contribution >= 4 is 34.4 Å². The average molecular weight is 442 g/mol. The summed E-state index contributed by atoms with van der Waals surface area (Å²) in [5, 5.41) is 21.4. The smallest absolute Gasteiger partial charge is 0.143 e. The number of aromatic nitrogens is 3. The molecule has 0 amide bonds. The Kier molecular flexibility index (Phi) is 6.45. The first kappa shape index (κ1) is 21.2. The highest BCUT2D eigenvalue weighted by atomic mass is 32.1. The van der Waals surface area contributed by atoms with Crippen molar-refractivity contribution in [1.82, 2.24) is 15.0 Å². The van der Waals surface area contributed by atoms with Gasteiger partial charge in [-0.25, -0.2) is 9.78 Å². The van der Waals surface area contributed by atoms with Crippen molar-refractivity contribution in [2.75, 3.05) is 26.1 Å². The molecule has 0 aliphatic carbocycles. The van der Waals surface area contributed by atoms with Crippen LogP contribution in [0.25, 0.3) is 27.5 Å². The number of benzene rings is 3. The molecule has 0 saturated heterocycles. The van der Waals surface area contributed by atoms with Gasteiger partial charge in [0.25, 0.3) is 0 Å². The minimum Gasteiger partial charge on any atom is -0.506 e. The predicted molar refractivity (Wildman–Crippen MR) is 120 cm³/mol. The molecule has 8 nitrogen and oxygen atoms in total. The first-order chi connectivity index (χ1) is 15.1. The van der Waals surface area contributed by atoms with Crippen LogP contribution in [-0.4, -0.2) is 46.2 Å². The number of hydrogen-bond donors (Lipinski definition) is 2. The molecular weight excluding hydrogens is 418 g/mol. The molecule has 3 aromatic carbocycles. The Hall–Kier alpha value is -3.01. The summed E-state index contributed by atoms with van der Waals surface area (Å²) in [5.74, 6) is 2.06. The summed E-state index contributed by atoms with van der Waals surface area (Å²) in [6.45, 7) is 3.03. The van der Waals surface area contributed by atoms with E-state index >= 15 is 0 Å². The van der Waals surface area contributed by atoms with Crippen molar-refractivity contribution in [1.29, 1.82) is 0 Å². The number of phenols is 1. The third-order valence-electron chi connectivity index (χ3n) is 4.68. The van der Waals surface area contributed by atoms with Crippen LogP contribution in [0, 0.1) is 0 Å². The first-order valence-electron chi connectivity index (χ1n) is 9.82. The standard InChI is InChI=1S/C22H23N3O5S/c1-3-29-30-13-16-9-18-19(12-22(16)27-2)24-25(23-18)20-10-15-8-17(28-6-7-31)5-4-14(15)11-21(20)26/h4-5,8-12,26,31H,3,6-7,13H2,1-2H3. The normalized spacial score (nSPS) is 11.3. The van der Waals surface area contributed by atoms with Gasteiger partial charge >= 0.3 is 0 Å². The highest BCUT2D eigenvalue weighted by molar-refractivity contribution is 7.80. The molecule has 0 fully saturated rings. The van der Waals surface area contributed by atoms with Crippen molar-refractivity contribution in [2.24, 2.45) is 0 Å². The molecule has 0 aliphatic heterocycles. The Bertz CT molecular complexity index is 1210. The molecular formula is C22H23N3O5S. The zero-order valence-electron chi connectivity index (χ0n) is 17.2. The third-order valence-corrected chi connectivity index (χ3v) is 4.86. The van der Waals surface area contributed by atoms with Gasteiger partial charge in [0.15, 0.2) is 0 Å². The Morgan fingerprint density at radius 2 is 1.81 bits per heavy atom. The van der Waals surface area contributed by atoms with Crippen LogP contribution in [-0.2, 0) is 16.4 Å². The van der Waals surface area contributed by atoms with Crippen LogP contribution in [0.15, 0.2) is 42.5 Å². The molecule has 0 saturated carbocycles. The molecule has 0 aliphatic rings. The summed E-state index contributed by atoms with van der Waals surface area (Å²) in [5.41, 5.74) is 2.51. The molecule has 4 aromatic rings. The van der Waals surface area contributed by atoms with E-state index in [0.29, 0.717) is 41.4 Å². The lowest BCUT2D eigenvalue weighted by Gasteiger charge is -2.08. The summed E-state index contributed by atoms with van der Waals surface area (Å²) >= 11 is 4.17. The van der Waals surface area contributed by atoms with Crippen LogP contribution in [0.2, 0.25) is 0 Å². The van der Waals surface area contributed by atoms with Crippen molar-refractivity contribution in [3.05, 3.63) is 48.0 Å². The molecule has 9 heteroatoms. The van der Waals surface area contributed by atoms with Gasteiger partial charge in [-0.15, -0.1) is 15.0 Å². The molecule has 0 radical (unpaired) electrons. The zero-order chi connectivity index (χ0) is 21.8. The number of methoxy groups -OCH3 is 1. The molecule has 1 heterocycles. The summed E-state index contributed by atoms with van der Waals surface area (Å²) in [6, 6.07) is 12.8. The number of nitrogens with zero attached hydrogens (tertiary/aromatic N) is 3. The van der Waals surface area contributed by atoms with E-state index in [1.807, 2.05) is 37.3 Å². The van der Waals surface area contributed by atoms with Gasteiger partial charge in [-0.1, -0.05) is 6.07 Å². The van der Waals surface area contributed by atoms with Crippen molar-refractivity contribution in [2.45, 2.75) is 13.5 Å². The summed E-state index contributed by atoms with van der Waals surface area (Å²) in [4.78, 5) is 11.5. The Balaban J connectivity index is 1.73. The summed E-state index contributed by atoms with van der Waals surface area (Å²) in [7, 11) is 1.58. The van der Waals surface area contributed by atoms with Gasteiger partial charge in [0.2, 0.25) is 0 Å². The molecule has 1 aromatic heterocycles. The molecule has 1 N–H and O–H groups in total. The van der Waals surface area contributed by atoms with Gasteiger partial charge in [0.1, 0.15) is 40.6 Å². The minimum atomic E-state index is 0.0729. The van der Waals surface area contributed by atoms with Crippen molar-refractivity contribution in [3.8, 4) is 22.9 Å². The second kappa shape index (κ2) is 9.42. The summed E-state index contributed by atoms with van der Waals surface area (Å²) in [6.07, 6.45) is 0. The number of rotatable bonds is 9. The third kappa shape index (κ3) is 4.53. The average Bonchev–Trinajstić information content (AvgIpc) is 3.19. The van der Waals surface area contributed by atoms with Gasteiger partial charge in [0.05, 0.1) is 20.3 Å². The Morgan fingerprint density at radius 1 is 1.00 bits per heavy atom. The fourth-order valence-electron chi connectivity index (χ4n) is 3.25. The lowest BCUT2D eigenvalue weighted by atomic mass is 10.1. The van der Waals surface area contributed by atoms with Crippen molar-refractivity contribution < 1.29 is 24.4 Å². The SMILES string of the molecule is CCOOCc1cc2nn(-c3cc4cc(OCCS)ccc4cc3O)nc2cc1OC. The molecule has 4 rings (SSSR count). The van der Waals surface area contributed by atoms with E-state index in [0.717, 1.165) is 22.1 Å². The van der Waals surface area contributed by atoms with E-state index in [1.165, 1.54) is 4.80 Å². The number of hydrogen-bond acceptors (Lipinski definition) is 8. The van der Waals surface area contributed by atoms with Crippen LogP contribution >= 0.6 is 12.6 Å². The van der Waals surface area contributed by atoms with E-state index in [2.05, 4.69) is 22.8 Å². The maximum Gasteiger partial charge on any atom is 0.143 e. The predicted octanol–water partition coefficient (Wildman–Crippen LogP) is 4.06. The molecule has 0 unspecified atom stereocenters. The number of fused-ring (bicyclic) bond motifs is 2. The number of aromatic hydroxyl groups is 1. The fourth-order valence-corrected chi connectivity index (χ4v) is 3.34. The Labute approximate surface area is 184 Å². The van der Waals surface area contributed by atoms with E-state index in [4.69, 9.17) is 19.2 Å². The zero-order valence-corrected chi connectivity index (χ0v) is 18.1. The summed E-state index contributed by atoms with van der Waals surface area (Å²) < 4.78 is 11.1. The quantitative estimate of drug-likeness (QED) is 0.175. The topological polar surface area (TPSA) is 87.9 Å². The highest BCUT2D eigenvalue weighted by Crippen LogP contribution is 2.31. The molecule has 0 bridgehead atoms.